The average Bonchev–Trinajstić information content (AvgIpc) is 2.80. The van der Waals surface area contributed by atoms with Crippen molar-refractivity contribution in [2.75, 3.05) is 19.7 Å². The standard InChI is InChI=1S/C12H19NO5/c1-7(14)13-4-8(9(5-13)11(15)16)10-6-17-12(2,3)18-10/h8-10H,4-6H2,1-3H3,(H,15,16). The van der Waals surface area contributed by atoms with Gasteiger partial charge in [-0.05, 0) is 13.8 Å². The Morgan fingerprint density at radius 2 is 2.00 bits per heavy atom. The van der Waals surface area contributed by atoms with Crippen molar-refractivity contribution in [1.29, 1.82) is 0 Å². The molecule has 2 saturated heterocycles. The third-order valence-electron chi connectivity index (χ3n) is 3.64. The summed E-state index contributed by atoms with van der Waals surface area (Å²) in [6, 6.07) is 0. The largest absolute Gasteiger partial charge is 0.481 e. The summed E-state index contributed by atoms with van der Waals surface area (Å²) in [7, 11) is 0. The van der Waals surface area contributed by atoms with Gasteiger partial charge in [0, 0.05) is 25.9 Å². The molecule has 0 aromatic rings. The van der Waals surface area contributed by atoms with Gasteiger partial charge in [0.05, 0.1) is 18.6 Å². The van der Waals surface area contributed by atoms with Gasteiger partial charge in [0.1, 0.15) is 0 Å². The molecule has 1 amide bonds. The average molecular weight is 257 g/mol. The molecule has 0 aliphatic carbocycles. The lowest BCUT2D eigenvalue weighted by atomic mass is 9.91. The number of carbonyl (C=O) groups excluding carboxylic acids is 1. The molecule has 0 radical (unpaired) electrons. The van der Waals surface area contributed by atoms with Gasteiger partial charge >= 0.3 is 5.97 Å². The van der Waals surface area contributed by atoms with Crippen LogP contribution in [0.5, 0.6) is 0 Å². The molecule has 0 bridgehead atoms. The van der Waals surface area contributed by atoms with Crippen molar-refractivity contribution in [2.45, 2.75) is 32.7 Å². The summed E-state index contributed by atoms with van der Waals surface area (Å²) in [5, 5.41) is 9.24. The van der Waals surface area contributed by atoms with Crippen LogP contribution in [0.4, 0.5) is 0 Å². The number of likely N-dealkylation sites (tertiary alicyclic amines) is 1. The van der Waals surface area contributed by atoms with Crippen LogP contribution >= 0.6 is 0 Å². The van der Waals surface area contributed by atoms with Crippen LogP contribution in [0.1, 0.15) is 20.8 Å². The van der Waals surface area contributed by atoms with Crippen molar-refractivity contribution >= 4 is 11.9 Å². The van der Waals surface area contributed by atoms with Crippen molar-refractivity contribution < 1.29 is 24.2 Å². The fourth-order valence-corrected chi connectivity index (χ4v) is 2.65. The summed E-state index contributed by atoms with van der Waals surface area (Å²) in [6.07, 6.45) is -0.259. The fraction of sp³-hybridized carbons (Fsp3) is 0.833. The highest BCUT2D eigenvalue weighted by molar-refractivity contribution is 5.77. The second-order valence-corrected chi connectivity index (χ2v) is 5.40. The highest BCUT2D eigenvalue weighted by Gasteiger charge is 2.47. The number of hydrogen-bond acceptors (Lipinski definition) is 4. The normalized spacial score (nSPS) is 34.8. The van der Waals surface area contributed by atoms with Gasteiger partial charge in [-0.1, -0.05) is 0 Å². The maximum Gasteiger partial charge on any atom is 0.308 e. The minimum Gasteiger partial charge on any atom is -0.481 e. The fourth-order valence-electron chi connectivity index (χ4n) is 2.65. The van der Waals surface area contributed by atoms with Crippen LogP contribution < -0.4 is 0 Å². The molecule has 0 aromatic heterocycles. The van der Waals surface area contributed by atoms with Crippen LogP contribution in [0, 0.1) is 11.8 Å². The van der Waals surface area contributed by atoms with E-state index in [-0.39, 0.29) is 24.5 Å². The minimum absolute atomic E-state index is 0.0954. The number of nitrogens with zero attached hydrogens (tertiary/aromatic N) is 1. The van der Waals surface area contributed by atoms with Crippen molar-refractivity contribution in [3.63, 3.8) is 0 Å². The SMILES string of the molecule is CC(=O)N1CC(C(=O)O)C(C2COC(C)(C)O2)C1. The smallest absolute Gasteiger partial charge is 0.308 e. The van der Waals surface area contributed by atoms with Gasteiger partial charge in [-0.25, -0.2) is 0 Å². The first-order valence-corrected chi connectivity index (χ1v) is 6.10. The lowest BCUT2D eigenvalue weighted by Gasteiger charge is -2.22. The number of aliphatic carboxylic acids is 1. The summed E-state index contributed by atoms with van der Waals surface area (Å²) < 4.78 is 11.2. The molecule has 2 rings (SSSR count). The number of ether oxygens (including phenoxy) is 2. The van der Waals surface area contributed by atoms with E-state index < -0.39 is 17.7 Å². The molecule has 2 heterocycles. The number of carboxylic acid groups (broad SMARTS) is 1. The van der Waals surface area contributed by atoms with E-state index in [1.807, 2.05) is 0 Å². The van der Waals surface area contributed by atoms with Crippen LogP contribution in [-0.2, 0) is 19.1 Å². The van der Waals surface area contributed by atoms with Crippen molar-refractivity contribution in [3.05, 3.63) is 0 Å². The number of carbonyl (C=O) groups is 2. The van der Waals surface area contributed by atoms with Gasteiger partial charge in [0.2, 0.25) is 5.91 Å². The summed E-state index contributed by atoms with van der Waals surface area (Å²) in [5.41, 5.74) is 0. The maximum absolute atomic E-state index is 11.4. The lowest BCUT2D eigenvalue weighted by molar-refractivity contribution is -0.154. The number of hydrogen-bond donors (Lipinski definition) is 1. The molecular weight excluding hydrogens is 238 g/mol. The second kappa shape index (κ2) is 4.51. The maximum atomic E-state index is 11.4. The molecule has 6 nitrogen and oxygen atoms in total. The van der Waals surface area contributed by atoms with E-state index in [9.17, 15) is 14.7 Å². The van der Waals surface area contributed by atoms with Crippen molar-refractivity contribution in [1.82, 2.24) is 4.90 Å². The van der Waals surface area contributed by atoms with Crippen molar-refractivity contribution in [2.24, 2.45) is 11.8 Å². The Hall–Kier alpha value is -1.14. The Labute approximate surface area is 106 Å². The van der Waals surface area contributed by atoms with E-state index in [0.29, 0.717) is 13.2 Å². The summed E-state index contributed by atoms with van der Waals surface area (Å²) >= 11 is 0. The summed E-state index contributed by atoms with van der Waals surface area (Å²) in [5.74, 6) is -2.42. The van der Waals surface area contributed by atoms with Gasteiger partial charge < -0.3 is 19.5 Å². The van der Waals surface area contributed by atoms with E-state index in [0.717, 1.165) is 0 Å². The zero-order valence-electron chi connectivity index (χ0n) is 10.9. The first-order chi connectivity index (χ1) is 8.30. The second-order valence-electron chi connectivity index (χ2n) is 5.40. The molecule has 102 valence electrons. The molecule has 3 unspecified atom stereocenters. The molecule has 1 N–H and O–H groups in total. The zero-order chi connectivity index (χ0) is 13.5. The quantitative estimate of drug-likeness (QED) is 0.771. The predicted molar refractivity (Wildman–Crippen MR) is 61.8 cm³/mol. The highest BCUT2D eigenvalue weighted by atomic mass is 16.7. The third kappa shape index (κ3) is 2.49. The molecule has 18 heavy (non-hydrogen) atoms. The van der Waals surface area contributed by atoms with Crippen LogP contribution in [-0.4, -0.2) is 53.5 Å². The zero-order valence-corrected chi connectivity index (χ0v) is 10.9. The summed E-state index contributed by atoms with van der Waals surface area (Å²) in [4.78, 5) is 24.2. The van der Waals surface area contributed by atoms with Gasteiger partial charge in [-0.2, -0.15) is 0 Å². The molecule has 2 aliphatic rings. The summed E-state index contributed by atoms with van der Waals surface area (Å²) in [6.45, 7) is 6.14. The number of amides is 1. The monoisotopic (exact) mass is 257 g/mol. The topological polar surface area (TPSA) is 76.1 Å². The van der Waals surface area contributed by atoms with E-state index >= 15 is 0 Å². The van der Waals surface area contributed by atoms with Crippen molar-refractivity contribution in [3.8, 4) is 0 Å². The van der Waals surface area contributed by atoms with Gasteiger partial charge in [0.25, 0.3) is 0 Å². The Kier molecular flexibility index (Phi) is 3.33. The Morgan fingerprint density at radius 1 is 1.33 bits per heavy atom. The molecule has 0 saturated carbocycles. The number of rotatable bonds is 2. The van der Waals surface area contributed by atoms with Crippen LogP contribution in [0.3, 0.4) is 0 Å². The van der Waals surface area contributed by atoms with E-state index in [1.165, 1.54) is 6.92 Å². The van der Waals surface area contributed by atoms with Gasteiger partial charge in [0.15, 0.2) is 5.79 Å². The molecule has 2 fully saturated rings. The van der Waals surface area contributed by atoms with E-state index in [4.69, 9.17) is 9.47 Å². The van der Waals surface area contributed by atoms with Gasteiger partial charge in [-0.3, -0.25) is 9.59 Å². The molecule has 2 aliphatic heterocycles. The van der Waals surface area contributed by atoms with Crippen LogP contribution in [0.15, 0.2) is 0 Å². The molecular formula is C12H19NO5. The first kappa shape index (κ1) is 13.3. The lowest BCUT2D eigenvalue weighted by Crippen LogP contribution is -2.34. The molecule has 0 spiro atoms. The first-order valence-electron chi connectivity index (χ1n) is 6.10. The minimum atomic E-state index is -0.878. The highest BCUT2D eigenvalue weighted by Crippen LogP contribution is 2.34. The number of carboxylic acids is 1. The third-order valence-corrected chi connectivity index (χ3v) is 3.64. The van der Waals surface area contributed by atoms with E-state index in [2.05, 4.69) is 0 Å². The van der Waals surface area contributed by atoms with Gasteiger partial charge in [-0.15, -0.1) is 0 Å². The van der Waals surface area contributed by atoms with E-state index in [1.54, 1.807) is 18.7 Å². The Balaban J connectivity index is 2.10. The Morgan fingerprint density at radius 3 is 2.44 bits per heavy atom. The molecule has 3 atom stereocenters. The Bertz CT molecular complexity index is 367. The molecule has 0 aromatic carbocycles. The predicted octanol–water partition coefficient (Wildman–Crippen LogP) is 0.317. The van der Waals surface area contributed by atoms with Crippen LogP contribution in [0.25, 0.3) is 0 Å². The van der Waals surface area contributed by atoms with Crippen LogP contribution in [0.2, 0.25) is 0 Å². The molecule has 6 heteroatoms.